The number of ether oxygens (including phenoxy) is 3. The van der Waals surface area contributed by atoms with E-state index in [1.54, 1.807) is 21.3 Å². The van der Waals surface area contributed by atoms with E-state index in [-0.39, 0.29) is 0 Å². The van der Waals surface area contributed by atoms with Crippen molar-refractivity contribution in [2.24, 2.45) is 10.4 Å². The Morgan fingerprint density at radius 3 is 2.60 bits per heavy atom. The first-order valence-electron chi connectivity index (χ1n) is 8.94. The van der Waals surface area contributed by atoms with Crippen LogP contribution in [0.4, 0.5) is 5.69 Å². The maximum Gasteiger partial charge on any atom is 0.195 e. The van der Waals surface area contributed by atoms with Gasteiger partial charge in [-0.3, -0.25) is 4.99 Å². The lowest BCUT2D eigenvalue weighted by atomic mass is 9.67. The SMILES string of the molecule is CCOc1ccc(NC(=NC)NCC2(CCOC)CCC2)cc1OC. The molecule has 0 amide bonds. The topological polar surface area (TPSA) is 64.1 Å². The third-order valence-corrected chi connectivity index (χ3v) is 4.83. The number of benzene rings is 1. The standard InChI is InChI=1S/C19H31N3O3/c1-5-25-16-8-7-15(13-17(16)24-4)22-18(20-2)21-14-19(9-6-10-19)11-12-23-3/h7-8,13H,5-6,9-12,14H2,1-4H3,(H2,20,21,22). The predicted molar refractivity (Wildman–Crippen MR) is 102 cm³/mol. The van der Waals surface area contributed by atoms with Crippen LogP contribution in [0, 0.1) is 5.41 Å². The fourth-order valence-electron chi connectivity index (χ4n) is 3.12. The van der Waals surface area contributed by atoms with Crippen molar-refractivity contribution in [1.82, 2.24) is 5.32 Å². The quantitative estimate of drug-likeness (QED) is 0.529. The second-order valence-corrected chi connectivity index (χ2v) is 6.45. The largest absolute Gasteiger partial charge is 0.493 e. The minimum absolute atomic E-state index is 0.337. The Kier molecular flexibility index (Phi) is 7.37. The Labute approximate surface area is 151 Å². The summed E-state index contributed by atoms with van der Waals surface area (Å²) in [5.41, 5.74) is 1.25. The molecule has 0 atom stereocenters. The van der Waals surface area contributed by atoms with E-state index < -0.39 is 0 Å². The molecule has 0 unspecified atom stereocenters. The number of nitrogens with zero attached hydrogens (tertiary/aromatic N) is 1. The molecule has 1 saturated carbocycles. The van der Waals surface area contributed by atoms with Gasteiger partial charge in [0.05, 0.1) is 13.7 Å². The predicted octanol–water partition coefficient (Wildman–Crippen LogP) is 3.29. The molecule has 1 aromatic rings. The average molecular weight is 349 g/mol. The molecule has 0 aliphatic heterocycles. The van der Waals surface area contributed by atoms with Gasteiger partial charge in [0.2, 0.25) is 0 Å². The lowest BCUT2D eigenvalue weighted by Gasteiger charge is -2.42. The van der Waals surface area contributed by atoms with Crippen molar-refractivity contribution < 1.29 is 14.2 Å². The first kappa shape index (κ1) is 19.4. The highest BCUT2D eigenvalue weighted by atomic mass is 16.5. The Morgan fingerprint density at radius 1 is 1.24 bits per heavy atom. The molecule has 0 radical (unpaired) electrons. The van der Waals surface area contributed by atoms with Gasteiger partial charge in [-0.15, -0.1) is 0 Å². The number of guanidine groups is 1. The van der Waals surface area contributed by atoms with Crippen molar-refractivity contribution in [3.05, 3.63) is 18.2 Å². The molecule has 1 aliphatic rings. The van der Waals surface area contributed by atoms with Crippen LogP contribution in [0.25, 0.3) is 0 Å². The summed E-state index contributed by atoms with van der Waals surface area (Å²) >= 11 is 0. The van der Waals surface area contributed by atoms with E-state index in [0.717, 1.165) is 37.0 Å². The first-order valence-corrected chi connectivity index (χ1v) is 8.94. The van der Waals surface area contributed by atoms with Gasteiger partial charge in [0.25, 0.3) is 0 Å². The molecule has 0 saturated heterocycles. The molecule has 25 heavy (non-hydrogen) atoms. The van der Waals surface area contributed by atoms with E-state index in [2.05, 4.69) is 15.6 Å². The van der Waals surface area contributed by atoms with E-state index in [0.29, 0.717) is 17.8 Å². The fourth-order valence-corrected chi connectivity index (χ4v) is 3.12. The number of aliphatic imine (C=N–C) groups is 1. The Morgan fingerprint density at radius 2 is 2.04 bits per heavy atom. The summed E-state index contributed by atoms with van der Waals surface area (Å²) < 4.78 is 16.2. The van der Waals surface area contributed by atoms with Crippen molar-refractivity contribution in [1.29, 1.82) is 0 Å². The van der Waals surface area contributed by atoms with Crippen LogP contribution in [0.3, 0.4) is 0 Å². The van der Waals surface area contributed by atoms with Gasteiger partial charge in [-0.25, -0.2) is 0 Å². The molecule has 6 nitrogen and oxygen atoms in total. The average Bonchev–Trinajstić information content (AvgIpc) is 2.60. The van der Waals surface area contributed by atoms with E-state index >= 15 is 0 Å². The molecule has 6 heteroatoms. The van der Waals surface area contributed by atoms with Gasteiger partial charge >= 0.3 is 0 Å². The van der Waals surface area contributed by atoms with Crippen LogP contribution in [-0.4, -0.2) is 47.0 Å². The van der Waals surface area contributed by atoms with Crippen LogP contribution >= 0.6 is 0 Å². The first-order chi connectivity index (χ1) is 12.2. The lowest BCUT2D eigenvalue weighted by Crippen LogP contribution is -2.44. The van der Waals surface area contributed by atoms with Gasteiger partial charge in [0, 0.05) is 39.1 Å². The molecule has 2 N–H and O–H groups in total. The fraction of sp³-hybridized carbons (Fsp3) is 0.632. The van der Waals surface area contributed by atoms with Crippen molar-refractivity contribution in [3.63, 3.8) is 0 Å². The second-order valence-electron chi connectivity index (χ2n) is 6.45. The normalized spacial score (nSPS) is 16.1. The monoisotopic (exact) mass is 349 g/mol. The third kappa shape index (κ3) is 5.26. The molecular formula is C19H31N3O3. The number of anilines is 1. The summed E-state index contributed by atoms with van der Waals surface area (Å²) in [4.78, 5) is 4.33. The molecule has 0 heterocycles. The second kappa shape index (κ2) is 9.51. The van der Waals surface area contributed by atoms with E-state index in [4.69, 9.17) is 14.2 Å². The molecule has 0 aromatic heterocycles. The van der Waals surface area contributed by atoms with Gasteiger partial charge < -0.3 is 24.8 Å². The third-order valence-electron chi connectivity index (χ3n) is 4.83. The van der Waals surface area contributed by atoms with Crippen molar-refractivity contribution in [3.8, 4) is 11.5 Å². The van der Waals surface area contributed by atoms with Gasteiger partial charge in [0.1, 0.15) is 0 Å². The summed E-state index contributed by atoms with van der Waals surface area (Å²) in [6.07, 6.45) is 4.88. The summed E-state index contributed by atoms with van der Waals surface area (Å²) in [5.74, 6) is 2.21. The summed E-state index contributed by atoms with van der Waals surface area (Å²) in [6.45, 7) is 4.28. The summed E-state index contributed by atoms with van der Waals surface area (Å²) in [5, 5.41) is 6.78. The van der Waals surface area contributed by atoms with Crippen LogP contribution in [0.2, 0.25) is 0 Å². The van der Waals surface area contributed by atoms with Crippen LogP contribution in [0.1, 0.15) is 32.6 Å². The molecule has 2 rings (SSSR count). The smallest absolute Gasteiger partial charge is 0.195 e. The molecule has 1 aliphatic carbocycles. The lowest BCUT2D eigenvalue weighted by molar-refractivity contribution is 0.0735. The minimum atomic E-state index is 0.337. The molecule has 0 bridgehead atoms. The number of hydrogen-bond acceptors (Lipinski definition) is 4. The zero-order chi connectivity index (χ0) is 18.1. The number of methoxy groups -OCH3 is 2. The van der Waals surface area contributed by atoms with Crippen LogP contribution in [0.15, 0.2) is 23.2 Å². The highest BCUT2D eigenvalue weighted by molar-refractivity contribution is 5.93. The highest BCUT2D eigenvalue weighted by Gasteiger charge is 2.36. The minimum Gasteiger partial charge on any atom is -0.493 e. The maximum atomic E-state index is 5.56. The Bertz CT molecular complexity index is 571. The molecule has 0 spiro atoms. The molecule has 1 aromatic carbocycles. The molecule has 1 fully saturated rings. The number of hydrogen-bond donors (Lipinski definition) is 2. The number of rotatable bonds is 9. The zero-order valence-electron chi connectivity index (χ0n) is 15.9. The maximum absolute atomic E-state index is 5.56. The van der Waals surface area contributed by atoms with E-state index in [1.165, 1.54) is 19.3 Å². The van der Waals surface area contributed by atoms with Crippen LogP contribution in [0.5, 0.6) is 11.5 Å². The number of nitrogens with one attached hydrogen (secondary N) is 2. The van der Waals surface area contributed by atoms with Gasteiger partial charge in [-0.1, -0.05) is 6.42 Å². The van der Waals surface area contributed by atoms with E-state index in [9.17, 15) is 0 Å². The Hall–Kier alpha value is -1.95. The van der Waals surface area contributed by atoms with Gasteiger partial charge in [-0.05, 0) is 43.7 Å². The van der Waals surface area contributed by atoms with E-state index in [1.807, 2.05) is 25.1 Å². The molecule has 140 valence electrons. The van der Waals surface area contributed by atoms with Gasteiger partial charge in [-0.2, -0.15) is 0 Å². The molecular weight excluding hydrogens is 318 g/mol. The summed E-state index contributed by atoms with van der Waals surface area (Å²) in [6, 6.07) is 5.79. The highest BCUT2D eigenvalue weighted by Crippen LogP contribution is 2.43. The van der Waals surface area contributed by atoms with Gasteiger partial charge in [0.15, 0.2) is 17.5 Å². The van der Waals surface area contributed by atoms with Crippen LogP contribution < -0.4 is 20.1 Å². The Balaban J connectivity index is 1.95. The van der Waals surface area contributed by atoms with Crippen LogP contribution in [-0.2, 0) is 4.74 Å². The summed E-state index contributed by atoms with van der Waals surface area (Å²) in [7, 11) is 5.19. The van der Waals surface area contributed by atoms with Crippen molar-refractivity contribution in [2.75, 3.05) is 46.3 Å². The van der Waals surface area contributed by atoms with Crippen molar-refractivity contribution >= 4 is 11.6 Å². The zero-order valence-corrected chi connectivity index (χ0v) is 15.9. The van der Waals surface area contributed by atoms with Crippen molar-refractivity contribution in [2.45, 2.75) is 32.6 Å².